The summed E-state index contributed by atoms with van der Waals surface area (Å²) in [7, 11) is 1.40. The van der Waals surface area contributed by atoms with Gasteiger partial charge in [0.15, 0.2) is 6.04 Å². The van der Waals surface area contributed by atoms with Crippen molar-refractivity contribution >= 4 is 56.5 Å². The Morgan fingerprint density at radius 2 is 2.00 bits per heavy atom. The van der Waals surface area contributed by atoms with Crippen LogP contribution in [0.1, 0.15) is 5.56 Å². The lowest BCUT2D eigenvalue weighted by Gasteiger charge is -2.13. The Hall–Kier alpha value is -0.210. The van der Waals surface area contributed by atoms with Gasteiger partial charge in [0.25, 0.3) is 0 Å². The van der Waals surface area contributed by atoms with Gasteiger partial charge in [-0.3, -0.25) is 4.99 Å². The molecule has 6 heteroatoms. The molecule has 0 aromatic heterocycles. The third kappa shape index (κ3) is 5.35. The number of methoxy groups -OCH3 is 1. The van der Waals surface area contributed by atoms with E-state index in [1.807, 2.05) is 36.8 Å². The molecule has 0 heterocycles. The smallest absolute Gasteiger partial charge is 0.330 e. The minimum absolute atomic E-state index is 0.291. The summed E-state index contributed by atoms with van der Waals surface area (Å²) in [6.45, 7) is 0. The number of carbonyl (C=O) groups is 1. The van der Waals surface area contributed by atoms with Gasteiger partial charge in [0.05, 0.1) is 7.11 Å². The van der Waals surface area contributed by atoms with Crippen LogP contribution in [0, 0.1) is 3.57 Å². The first-order valence-electron chi connectivity index (χ1n) is 5.59. The Balaban J connectivity index is 2.96. The van der Waals surface area contributed by atoms with Gasteiger partial charge in [-0.25, -0.2) is 4.79 Å². The first-order chi connectivity index (χ1) is 9.12. The van der Waals surface area contributed by atoms with Crippen molar-refractivity contribution in [1.82, 2.24) is 0 Å². The summed E-state index contributed by atoms with van der Waals surface area (Å²) in [5.74, 6) is -0.291. The van der Waals surface area contributed by atoms with E-state index in [1.54, 1.807) is 23.5 Å². The lowest BCUT2D eigenvalue weighted by molar-refractivity contribution is -0.142. The molecule has 0 fully saturated rings. The van der Waals surface area contributed by atoms with E-state index >= 15 is 0 Å². The zero-order chi connectivity index (χ0) is 14.3. The molecule has 0 radical (unpaired) electrons. The van der Waals surface area contributed by atoms with E-state index in [9.17, 15) is 4.79 Å². The first-order valence-corrected chi connectivity index (χ1v) is 9.12. The Labute approximate surface area is 136 Å². The summed E-state index contributed by atoms with van der Waals surface area (Å²) in [4.78, 5) is 16.3. The Morgan fingerprint density at radius 1 is 1.37 bits per heavy atom. The Bertz CT molecular complexity index is 460. The van der Waals surface area contributed by atoms with Gasteiger partial charge in [-0.2, -0.15) is 0 Å². The lowest BCUT2D eigenvalue weighted by Crippen LogP contribution is -2.24. The van der Waals surface area contributed by atoms with E-state index in [4.69, 9.17) is 4.74 Å². The van der Waals surface area contributed by atoms with Crippen molar-refractivity contribution in [1.29, 1.82) is 0 Å². The fraction of sp³-hybridized carbons (Fsp3) is 0.385. The highest BCUT2D eigenvalue weighted by Crippen LogP contribution is 2.18. The van der Waals surface area contributed by atoms with Crippen molar-refractivity contribution in [2.24, 2.45) is 4.99 Å². The van der Waals surface area contributed by atoms with Crippen LogP contribution in [0.15, 0.2) is 29.3 Å². The molecule has 3 nitrogen and oxygen atoms in total. The second kappa shape index (κ2) is 8.86. The van der Waals surface area contributed by atoms with Crippen molar-refractivity contribution in [3.8, 4) is 0 Å². The highest BCUT2D eigenvalue weighted by atomic mass is 127. The normalized spacial score (nSPS) is 11.8. The third-order valence-corrected chi connectivity index (χ3v) is 5.42. The van der Waals surface area contributed by atoms with Crippen molar-refractivity contribution in [3.63, 3.8) is 0 Å². The average molecular weight is 409 g/mol. The SMILES string of the molecule is COC(=O)C(Cc1ccccc1I)N=C(SC)SC. The van der Waals surface area contributed by atoms with E-state index in [0.717, 1.165) is 13.5 Å². The molecule has 0 saturated carbocycles. The lowest BCUT2D eigenvalue weighted by atomic mass is 10.1. The van der Waals surface area contributed by atoms with Crippen LogP contribution >= 0.6 is 46.1 Å². The van der Waals surface area contributed by atoms with Crippen LogP contribution < -0.4 is 0 Å². The van der Waals surface area contributed by atoms with Gasteiger partial charge in [-0.15, -0.1) is 23.5 Å². The van der Waals surface area contributed by atoms with E-state index in [0.29, 0.717) is 6.42 Å². The number of hydrogen-bond donors (Lipinski definition) is 0. The van der Waals surface area contributed by atoms with Crippen LogP contribution in [0.3, 0.4) is 0 Å². The van der Waals surface area contributed by atoms with Crippen LogP contribution in [0.2, 0.25) is 0 Å². The van der Waals surface area contributed by atoms with Gasteiger partial charge in [0.2, 0.25) is 0 Å². The number of esters is 1. The number of rotatable bonds is 4. The van der Waals surface area contributed by atoms with Gasteiger partial charge < -0.3 is 4.74 Å². The molecule has 0 aliphatic carbocycles. The van der Waals surface area contributed by atoms with E-state index in [1.165, 1.54) is 7.11 Å². The van der Waals surface area contributed by atoms with Gasteiger partial charge in [-0.1, -0.05) is 18.2 Å². The quantitative estimate of drug-likeness (QED) is 0.331. The fourth-order valence-corrected chi connectivity index (χ4v) is 3.25. The second-order valence-electron chi connectivity index (χ2n) is 3.64. The molecule has 0 spiro atoms. The molecular formula is C13H16INO2S2. The number of ether oxygens (including phenoxy) is 1. The minimum atomic E-state index is -0.476. The number of nitrogens with zero attached hydrogens (tertiary/aromatic N) is 1. The average Bonchev–Trinajstić information content (AvgIpc) is 2.44. The monoisotopic (exact) mass is 409 g/mol. The number of carbonyl (C=O) groups excluding carboxylic acids is 1. The van der Waals surface area contributed by atoms with Crippen LogP contribution in [0.25, 0.3) is 0 Å². The summed E-state index contributed by atoms with van der Waals surface area (Å²) in [6.07, 6.45) is 4.47. The maximum absolute atomic E-state index is 11.8. The van der Waals surface area contributed by atoms with Crippen molar-refractivity contribution < 1.29 is 9.53 Å². The van der Waals surface area contributed by atoms with Gasteiger partial charge in [0, 0.05) is 9.99 Å². The molecular weight excluding hydrogens is 393 g/mol. The molecule has 0 N–H and O–H groups in total. The molecule has 1 unspecified atom stereocenters. The van der Waals surface area contributed by atoms with Crippen LogP contribution in [-0.4, -0.2) is 36.0 Å². The van der Waals surface area contributed by atoms with E-state index in [2.05, 4.69) is 27.6 Å². The topological polar surface area (TPSA) is 38.7 Å². The third-order valence-electron chi connectivity index (χ3n) is 2.45. The maximum Gasteiger partial charge on any atom is 0.330 e. The number of hydrogen-bond acceptors (Lipinski definition) is 5. The van der Waals surface area contributed by atoms with Gasteiger partial charge >= 0.3 is 5.97 Å². The predicted molar refractivity (Wildman–Crippen MR) is 93.1 cm³/mol. The zero-order valence-corrected chi connectivity index (χ0v) is 14.8. The number of benzene rings is 1. The summed E-state index contributed by atoms with van der Waals surface area (Å²) < 4.78 is 6.88. The molecule has 1 atom stereocenters. The largest absolute Gasteiger partial charge is 0.467 e. The standard InChI is InChI=1S/C13H16INO2S2/c1-17-12(16)11(15-13(18-2)19-3)8-9-6-4-5-7-10(9)14/h4-7,11H,8H2,1-3H3. The summed E-state index contributed by atoms with van der Waals surface area (Å²) in [5, 5.41) is 0. The Morgan fingerprint density at radius 3 is 2.53 bits per heavy atom. The number of aliphatic imine (C=N–C) groups is 1. The van der Waals surface area contributed by atoms with E-state index in [-0.39, 0.29) is 5.97 Å². The highest BCUT2D eigenvalue weighted by molar-refractivity contribution is 14.1. The molecule has 1 aromatic rings. The van der Waals surface area contributed by atoms with Crippen LogP contribution in [-0.2, 0) is 16.0 Å². The molecule has 0 saturated heterocycles. The summed E-state index contributed by atoms with van der Waals surface area (Å²) >= 11 is 5.36. The molecule has 1 rings (SSSR count). The van der Waals surface area contributed by atoms with Gasteiger partial charge in [0.1, 0.15) is 4.38 Å². The maximum atomic E-state index is 11.8. The highest BCUT2D eigenvalue weighted by Gasteiger charge is 2.20. The van der Waals surface area contributed by atoms with E-state index < -0.39 is 6.04 Å². The Kier molecular flexibility index (Phi) is 7.86. The second-order valence-corrected chi connectivity index (χ2v) is 6.65. The molecule has 104 valence electrons. The minimum Gasteiger partial charge on any atom is -0.467 e. The molecule has 19 heavy (non-hydrogen) atoms. The molecule has 0 aliphatic heterocycles. The molecule has 0 bridgehead atoms. The van der Waals surface area contributed by atoms with Crippen LogP contribution in [0.4, 0.5) is 0 Å². The zero-order valence-electron chi connectivity index (χ0n) is 11.1. The first kappa shape index (κ1) is 16.8. The predicted octanol–water partition coefficient (Wildman–Crippen LogP) is 3.46. The van der Waals surface area contributed by atoms with Gasteiger partial charge in [-0.05, 0) is 46.7 Å². The molecule has 0 amide bonds. The van der Waals surface area contributed by atoms with Crippen molar-refractivity contribution in [2.75, 3.05) is 19.6 Å². The summed E-state index contributed by atoms with van der Waals surface area (Å²) in [5.41, 5.74) is 1.11. The number of halogens is 1. The van der Waals surface area contributed by atoms with Crippen molar-refractivity contribution in [2.45, 2.75) is 12.5 Å². The fourth-order valence-electron chi connectivity index (χ4n) is 1.51. The molecule has 0 aliphatic rings. The van der Waals surface area contributed by atoms with Crippen LogP contribution in [0.5, 0.6) is 0 Å². The number of thioether (sulfide) groups is 2. The molecule has 1 aromatic carbocycles. The van der Waals surface area contributed by atoms with Crippen molar-refractivity contribution in [3.05, 3.63) is 33.4 Å². The summed E-state index contributed by atoms with van der Waals surface area (Å²) in [6, 6.07) is 7.52.